The van der Waals surface area contributed by atoms with Crippen LogP contribution in [0.15, 0.2) is 42.6 Å². The van der Waals surface area contributed by atoms with Crippen molar-refractivity contribution in [1.29, 1.82) is 0 Å². The number of piperazine rings is 1. The molecule has 0 bridgehead atoms. The number of fused-ring (bicyclic) bond motifs is 1. The van der Waals surface area contributed by atoms with Crippen LogP contribution in [0.2, 0.25) is 0 Å². The Morgan fingerprint density at radius 3 is 2.36 bits per heavy atom. The van der Waals surface area contributed by atoms with Crippen molar-refractivity contribution in [2.24, 2.45) is 0 Å². The molecule has 2 aromatic heterocycles. The van der Waals surface area contributed by atoms with Crippen LogP contribution in [0.25, 0.3) is 10.9 Å². The minimum Gasteiger partial charge on any atom is -0.339 e. The van der Waals surface area contributed by atoms with Crippen LogP contribution in [0.4, 0.5) is 32.0 Å². The molecule has 0 unspecified atom stereocenters. The smallest absolute Gasteiger partial charge is 0.339 e. The Morgan fingerprint density at radius 1 is 0.972 bits per heavy atom. The maximum atomic E-state index is 12.8. The number of halogens is 6. The summed E-state index contributed by atoms with van der Waals surface area (Å²) in [6.45, 7) is -0.538. The van der Waals surface area contributed by atoms with E-state index in [-0.39, 0.29) is 38.6 Å². The van der Waals surface area contributed by atoms with Crippen LogP contribution in [0.1, 0.15) is 16.2 Å². The highest BCUT2D eigenvalue weighted by molar-refractivity contribution is 6.03. The number of pyridine rings is 1. The number of rotatable bonds is 5. The van der Waals surface area contributed by atoms with E-state index in [9.17, 15) is 35.9 Å². The Hall–Kier alpha value is -3.68. The third-order valence-electron chi connectivity index (χ3n) is 5.51. The highest BCUT2D eigenvalue weighted by atomic mass is 19.4. The summed E-state index contributed by atoms with van der Waals surface area (Å²) < 4.78 is 77.5. The summed E-state index contributed by atoms with van der Waals surface area (Å²) in [6.07, 6.45) is -7.41. The van der Waals surface area contributed by atoms with Gasteiger partial charge in [0.1, 0.15) is 17.9 Å². The van der Waals surface area contributed by atoms with E-state index in [4.69, 9.17) is 0 Å². The molecular weight excluding hydrogens is 494 g/mol. The maximum Gasteiger partial charge on any atom is 0.433 e. The monoisotopic (exact) mass is 514 g/mol. The average Bonchev–Trinajstić information content (AvgIpc) is 3.19. The van der Waals surface area contributed by atoms with Crippen LogP contribution in [-0.4, -0.2) is 75.3 Å². The van der Waals surface area contributed by atoms with Crippen molar-refractivity contribution in [3.8, 4) is 0 Å². The summed E-state index contributed by atoms with van der Waals surface area (Å²) in [5.74, 6) is -1.12. The highest BCUT2D eigenvalue weighted by Gasteiger charge is 2.34. The highest BCUT2D eigenvalue weighted by Crippen LogP contribution is 2.27. The number of aromatic nitrogens is 3. The van der Waals surface area contributed by atoms with E-state index in [0.717, 1.165) is 18.2 Å². The molecule has 0 atom stereocenters. The van der Waals surface area contributed by atoms with Crippen molar-refractivity contribution in [1.82, 2.24) is 24.6 Å². The molecule has 1 aliphatic rings. The molecule has 3 aromatic rings. The standard InChI is InChI=1S/C22H20F6N6O2/c23-21(24,25)13-32-6-8-33(9-7-32)19(35)12-34-11-14-10-15(4-5-16(14)31-34)29-20(36)17-2-1-3-18(30-17)22(26,27)28/h1-5,10-11H,6-9,12-13H2,(H,29,36). The van der Waals surface area contributed by atoms with E-state index in [1.807, 2.05) is 0 Å². The zero-order valence-electron chi connectivity index (χ0n) is 18.6. The van der Waals surface area contributed by atoms with Crippen LogP contribution in [-0.2, 0) is 17.5 Å². The molecule has 14 heteroatoms. The van der Waals surface area contributed by atoms with Gasteiger partial charge in [0, 0.05) is 43.4 Å². The molecule has 4 rings (SSSR count). The summed E-state index contributed by atoms with van der Waals surface area (Å²) in [5, 5.41) is 7.34. The number of nitrogens with zero attached hydrogens (tertiary/aromatic N) is 5. The van der Waals surface area contributed by atoms with E-state index >= 15 is 0 Å². The molecule has 3 heterocycles. The molecule has 8 nitrogen and oxygen atoms in total. The number of nitrogens with one attached hydrogen (secondary N) is 1. The molecule has 0 spiro atoms. The van der Waals surface area contributed by atoms with Crippen LogP contribution in [0.3, 0.4) is 0 Å². The largest absolute Gasteiger partial charge is 0.433 e. The van der Waals surface area contributed by atoms with Gasteiger partial charge in [-0.3, -0.25) is 19.2 Å². The van der Waals surface area contributed by atoms with Gasteiger partial charge >= 0.3 is 12.4 Å². The first-order valence-electron chi connectivity index (χ1n) is 10.8. The quantitative estimate of drug-likeness (QED) is 0.528. The molecule has 0 radical (unpaired) electrons. The number of benzene rings is 1. The fourth-order valence-electron chi connectivity index (χ4n) is 3.80. The molecule has 1 aliphatic heterocycles. The molecule has 0 aliphatic carbocycles. The van der Waals surface area contributed by atoms with Gasteiger partial charge in [0.2, 0.25) is 5.91 Å². The van der Waals surface area contributed by atoms with Crippen molar-refractivity contribution < 1.29 is 35.9 Å². The third-order valence-corrected chi connectivity index (χ3v) is 5.51. The summed E-state index contributed by atoms with van der Waals surface area (Å²) in [4.78, 5) is 31.0. The van der Waals surface area contributed by atoms with Crippen LogP contribution >= 0.6 is 0 Å². The van der Waals surface area contributed by atoms with Gasteiger partial charge in [-0.15, -0.1) is 0 Å². The van der Waals surface area contributed by atoms with Gasteiger partial charge < -0.3 is 10.2 Å². The lowest BCUT2D eigenvalue weighted by Crippen LogP contribution is -2.51. The Kier molecular flexibility index (Phi) is 6.89. The lowest BCUT2D eigenvalue weighted by Gasteiger charge is -2.34. The summed E-state index contributed by atoms with van der Waals surface area (Å²) in [6, 6.07) is 7.64. The van der Waals surface area contributed by atoms with Crippen molar-refractivity contribution in [2.75, 3.05) is 38.0 Å². The third kappa shape index (κ3) is 6.30. The molecule has 1 N–H and O–H groups in total. The molecule has 36 heavy (non-hydrogen) atoms. The van der Waals surface area contributed by atoms with E-state index in [2.05, 4.69) is 15.4 Å². The number of hydrogen-bond acceptors (Lipinski definition) is 5. The van der Waals surface area contributed by atoms with Crippen molar-refractivity contribution in [3.05, 3.63) is 54.0 Å². The Labute approximate surface area is 200 Å². The number of alkyl halides is 6. The lowest BCUT2D eigenvalue weighted by molar-refractivity contribution is -0.152. The normalized spacial score (nSPS) is 15.3. The van der Waals surface area contributed by atoms with E-state index in [1.165, 1.54) is 20.5 Å². The Morgan fingerprint density at radius 2 is 1.69 bits per heavy atom. The second-order valence-electron chi connectivity index (χ2n) is 8.23. The summed E-state index contributed by atoms with van der Waals surface area (Å²) in [5.41, 5.74) is -0.786. The second kappa shape index (κ2) is 9.76. The number of hydrogen-bond donors (Lipinski definition) is 1. The Balaban J connectivity index is 1.38. The molecule has 0 saturated carbocycles. The van der Waals surface area contributed by atoms with Gasteiger partial charge in [0.25, 0.3) is 5.91 Å². The van der Waals surface area contributed by atoms with Crippen LogP contribution in [0.5, 0.6) is 0 Å². The molecule has 192 valence electrons. The maximum absolute atomic E-state index is 12.8. The minimum atomic E-state index is -4.68. The van der Waals surface area contributed by atoms with Gasteiger partial charge in [-0.05, 0) is 30.3 Å². The van der Waals surface area contributed by atoms with Crippen molar-refractivity contribution in [2.45, 2.75) is 18.9 Å². The first kappa shape index (κ1) is 25.4. The zero-order chi connectivity index (χ0) is 26.1. The molecule has 1 aromatic carbocycles. The van der Waals surface area contributed by atoms with Crippen LogP contribution in [0, 0.1) is 0 Å². The number of anilines is 1. The minimum absolute atomic E-state index is 0.121. The predicted octanol–water partition coefficient (Wildman–Crippen LogP) is 3.41. The molecular formula is C22H20F6N6O2. The first-order valence-corrected chi connectivity index (χ1v) is 10.8. The molecule has 1 fully saturated rings. The Bertz CT molecular complexity index is 1260. The molecule has 1 saturated heterocycles. The van der Waals surface area contributed by atoms with Gasteiger partial charge in [-0.1, -0.05) is 6.07 Å². The SMILES string of the molecule is O=C(Nc1ccc2nn(CC(=O)N3CCN(CC(F)(F)F)CC3)cc2c1)c1cccc(C(F)(F)F)n1. The summed E-state index contributed by atoms with van der Waals surface area (Å²) >= 11 is 0. The number of carbonyl (C=O) groups excluding carboxylic acids is 2. The summed E-state index contributed by atoms with van der Waals surface area (Å²) in [7, 11) is 0. The van der Waals surface area contributed by atoms with E-state index < -0.39 is 36.2 Å². The van der Waals surface area contributed by atoms with Gasteiger partial charge in [-0.2, -0.15) is 31.4 Å². The second-order valence-corrected chi connectivity index (χ2v) is 8.23. The zero-order valence-corrected chi connectivity index (χ0v) is 18.6. The topological polar surface area (TPSA) is 83.4 Å². The van der Waals surface area contributed by atoms with Gasteiger partial charge in [0.05, 0.1) is 12.1 Å². The predicted molar refractivity (Wildman–Crippen MR) is 116 cm³/mol. The van der Waals surface area contributed by atoms with Crippen molar-refractivity contribution >= 4 is 28.4 Å². The lowest BCUT2D eigenvalue weighted by atomic mass is 10.2. The fourth-order valence-corrected chi connectivity index (χ4v) is 3.80. The van der Waals surface area contributed by atoms with E-state index in [1.54, 1.807) is 18.3 Å². The number of carbonyl (C=O) groups is 2. The van der Waals surface area contributed by atoms with Crippen LogP contribution < -0.4 is 5.32 Å². The molecule has 2 amide bonds. The number of amides is 2. The van der Waals surface area contributed by atoms with Crippen molar-refractivity contribution in [3.63, 3.8) is 0 Å². The average molecular weight is 514 g/mol. The van der Waals surface area contributed by atoms with E-state index in [0.29, 0.717) is 16.6 Å². The van der Waals surface area contributed by atoms with Gasteiger partial charge in [0.15, 0.2) is 0 Å². The van der Waals surface area contributed by atoms with Gasteiger partial charge in [-0.25, -0.2) is 4.98 Å². The fraction of sp³-hybridized carbons (Fsp3) is 0.364. The first-order chi connectivity index (χ1) is 16.9.